The Labute approximate surface area is 101 Å². The van der Waals surface area contributed by atoms with Crippen LogP contribution >= 0.6 is 0 Å². The zero-order valence-corrected chi connectivity index (χ0v) is 10.3. The van der Waals surface area contributed by atoms with Gasteiger partial charge in [0.25, 0.3) is 0 Å². The normalized spacial score (nSPS) is 16.4. The fourth-order valence-corrected chi connectivity index (χ4v) is 2.03. The minimum atomic E-state index is 0.0620. The van der Waals surface area contributed by atoms with Crippen LogP contribution in [0, 0.1) is 0 Å². The van der Waals surface area contributed by atoms with E-state index < -0.39 is 0 Å². The lowest BCUT2D eigenvalue weighted by molar-refractivity contribution is -0.135. The number of nitrogens with zero attached hydrogens (tertiary/aromatic N) is 4. The molecule has 0 aliphatic carbocycles. The molecule has 17 heavy (non-hydrogen) atoms. The molecule has 2 heterocycles. The third-order valence-corrected chi connectivity index (χ3v) is 2.98. The van der Waals surface area contributed by atoms with E-state index in [0.717, 1.165) is 32.1 Å². The minimum absolute atomic E-state index is 0.0620. The average molecular weight is 238 g/mol. The first-order chi connectivity index (χ1) is 8.22. The van der Waals surface area contributed by atoms with Crippen molar-refractivity contribution in [2.24, 2.45) is 7.05 Å². The van der Waals surface area contributed by atoms with Crippen molar-refractivity contribution >= 4 is 11.9 Å². The summed E-state index contributed by atoms with van der Waals surface area (Å²) in [4.78, 5) is 20.0. The molecule has 6 nitrogen and oxygen atoms in total. The number of rotatable bonds is 3. The number of aryl methyl sites for hydroxylation is 1. The zero-order chi connectivity index (χ0) is 12.3. The lowest BCUT2D eigenvalue weighted by Crippen LogP contribution is -2.50. The first-order valence-corrected chi connectivity index (χ1v) is 5.71. The van der Waals surface area contributed by atoms with Gasteiger partial charge in [0.1, 0.15) is 6.61 Å². The number of imidazole rings is 1. The standard InChI is InChI=1S/C11H18N4O2/c1-13-4-3-12-11(13)15-7-5-14(6-8-15)10(16)9-17-2/h3-4H,5-9H2,1-2H3. The van der Waals surface area contributed by atoms with Gasteiger partial charge < -0.3 is 19.1 Å². The first-order valence-electron chi connectivity index (χ1n) is 5.71. The maximum absolute atomic E-state index is 11.6. The highest BCUT2D eigenvalue weighted by Gasteiger charge is 2.22. The molecule has 0 spiro atoms. The Morgan fingerprint density at radius 1 is 1.41 bits per heavy atom. The maximum Gasteiger partial charge on any atom is 0.248 e. The fourth-order valence-electron chi connectivity index (χ4n) is 2.03. The molecule has 0 N–H and O–H groups in total. The summed E-state index contributed by atoms with van der Waals surface area (Å²) in [5.41, 5.74) is 0. The third kappa shape index (κ3) is 2.58. The number of aromatic nitrogens is 2. The molecule has 1 fully saturated rings. The summed E-state index contributed by atoms with van der Waals surface area (Å²) in [5.74, 6) is 1.02. The van der Waals surface area contributed by atoms with Crippen molar-refractivity contribution in [3.8, 4) is 0 Å². The lowest BCUT2D eigenvalue weighted by atomic mass is 10.3. The van der Waals surface area contributed by atoms with Crippen LogP contribution in [0.25, 0.3) is 0 Å². The van der Waals surface area contributed by atoms with Crippen LogP contribution in [0.4, 0.5) is 5.95 Å². The lowest BCUT2D eigenvalue weighted by Gasteiger charge is -2.35. The summed E-state index contributed by atoms with van der Waals surface area (Å²) in [6.45, 7) is 3.27. The highest BCUT2D eigenvalue weighted by Crippen LogP contribution is 2.12. The van der Waals surface area contributed by atoms with E-state index in [2.05, 4.69) is 9.88 Å². The van der Waals surface area contributed by atoms with E-state index in [4.69, 9.17) is 4.74 Å². The van der Waals surface area contributed by atoms with E-state index in [1.54, 1.807) is 13.3 Å². The predicted octanol–water partition coefficient (Wildman–Crippen LogP) is -0.285. The molecule has 1 saturated heterocycles. The largest absolute Gasteiger partial charge is 0.375 e. The highest BCUT2D eigenvalue weighted by molar-refractivity contribution is 5.77. The Morgan fingerprint density at radius 2 is 2.12 bits per heavy atom. The van der Waals surface area contributed by atoms with Crippen LogP contribution in [-0.4, -0.2) is 60.3 Å². The molecular weight excluding hydrogens is 220 g/mol. The van der Waals surface area contributed by atoms with Crippen LogP contribution in [0.3, 0.4) is 0 Å². The number of carbonyl (C=O) groups excluding carboxylic acids is 1. The van der Waals surface area contributed by atoms with Crippen LogP contribution in [0.15, 0.2) is 12.4 Å². The molecule has 2 rings (SSSR count). The van der Waals surface area contributed by atoms with Gasteiger partial charge in [0.15, 0.2) is 0 Å². The number of anilines is 1. The van der Waals surface area contributed by atoms with Gasteiger partial charge >= 0.3 is 0 Å². The Balaban J connectivity index is 1.90. The minimum Gasteiger partial charge on any atom is -0.375 e. The Morgan fingerprint density at radius 3 is 2.65 bits per heavy atom. The van der Waals surface area contributed by atoms with Gasteiger partial charge in [0.2, 0.25) is 11.9 Å². The van der Waals surface area contributed by atoms with Gasteiger partial charge in [-0.2, -0.15) is 0 Å². The second kappa shape index (κ2) is 5.18. The van der Waals surface area contributed by atoms with Gasteiger partial charge in [-0.3, -0.25) is 4.79 Å². The Bertz CT molecular complexity index is 383. The summed E-state index contributed by atoms with van der Waals surface area (Å²) >= 11 is 0. The number of ether oxygens (including phenoxy) is 1. The SMILES string of the molecule is COCC(=O)N1CCN(c2nccn2C)CC1. The molecule has 0 bridgehead atoms. The van der Waals surface area contributed by atoms with Crippen molar-refractivity contribution in [1.82, 2.24) is 14.5 Å². The second-order valence-corrected chi connectivity index (χ2v) is 4.14. The molecule has 0 unspecified atom stereocenters. The first kappa shape index (κ1) is 11.9. The van der Waals surface area contributed by atoms with E-state index in [1.807, 2.05) is 22.7 Å². The van der Waals surface area contributed by atoms with E-state index in [-0.39, 0.29) is 12.5 Å². The maximum atomic E-state index is 11.6. The molecule has 0 saturated carbocycles. The Hall–Kier alpha value is -1.56. The van der Waals surface area contributed by atoms with E-state index in [9.17, 15) is 4.79 Å². The van der Waals surface area contributed by atoms with Crippen molar-refractivity contribution in [3.05, 3.63) is 12.4 Å². The number of piperazine rings is 1. The third-order valence-electron chi connectivity index (χ3n) is 2.98. The van der Waals surface area contributed by atoms with Gasteiger partial charge in [-0.25, -0.2) is 4.98 Å². The van der Waals surface area contributed by atoms with Gasteiger partial charge in [0, 0.05) is 52.7 Å². The van der Waals surface area contributed by atoms with Crippen molar-refractivity contribution in [2.45, 2.75) is 0 Å². The van der Waals surface area contributed by atoms with Crippen molar-refractivity contribution in [2.75, 3.05) is 44.8 Å². The van der Waals surface area contributed by atoms with Crippen LogP contribution in [0.1, 0.15) is 0 Å². The number of carbonyl (C=O) groups is 1. The number of amides is 1. The molecule has 6 heteroatoms. The zero-order valence-electron chi connectivity index (χ0n) is 10.3. The van der Waals surface area contributed by atoms with Gasteiger partial charge in [0.05, 0.1) is 0 Å². The molecule has 0 atom stereocenters. The molecule has 1 aliphatic rings. The van der Waals surface area contributed by atoms with Crippen molar-refractivity contribution in [1.29, 1.82) is 0 Å². The van der Waals surface area contributed by atoms with Crippen molar-refractivity contribution in [3.63, 3.8) is 0 Å². The fraction of sp³-hybridized carbons (Fsp3) is 0.636. The average Bonchev–Trinajstić information content (AvgIpc) is 2.76. The quantitative estimate of drug-likeness (QED) is 0.726. The molecule has 1 aliphatic heterocycles. The van der Waals surface area contributed by atoms with Crippen LogP contribution in [-0.2, 0) is 16.6 Å². The van der Waals surface area contributed by atoms with Crippen LogP contribution in [0.2, 0.25) is 0 Å². The van der Waals surface area contributed by atoms with Gasteiger partial charge in [-0.15, -0.1) is 0 Å². The van der Waals surface area contributed by atoms with Crippen LogP contribution < -0.4 is 4.90 Å². The summed E-state index contributed by atoms with van der Waals surface area (Å²) in [6, 6.07) is 0. The highest BCUT2D eigenvalue weighted by atomic mass is 16.5. The van der Waals surface area contributed by atoms with Crippen LogP contribution in [0.5, 0.6) is 0 Å². The molecule has 94 valence electrons. The molecule has 1 amide bonds. The Kier molecular flexibility index (Phi) is 3.63. The smallest absolute Gasteiger partial charge is 0.248 e. The summed E-state index contributed by atoms with van der Waals surface area (Å²) < 4.78 is 6.85. The molecule has 0 aromatic carbocycles. The van der Waals surface area contributed by atoms with E-state index in [1.165, 1.54) is 0 Å². The second-order valence-electron chi connectivity index (χ2n) is 4.14. The summed E-state index contributed by atoms with van der Waals surface area (Å²) in [6.07, 6.45) is 3.72. The molecule has 1 aromatic heterocycles. The summed E-state index contributed by atoms with van der Waals surface area (Å²) in [5, 5.41) is 0. The van der Waals surface area contributed by atoms with Gasteiger partial charge in [-0.05, 0) is 0 Å². The number of methoxy groups -OCH3 is 1. The molecule has 1 aromatic rings. The molecule has 0 radical (unpaired) electrons. The van der Waals surface area contributed by atoms with E-state index >= 15 is 0 Å². The van der Waals surface area contributed by atoms with E-state index in [0.29, 0.717) is 0 Å². The number of hydrogen-bond donors (Lipinski definition) is 0. The van der Waals surface area contributed by atoms with Gasteiger partial charge in [-0.1, -0.05) is 0 Å². The van der Waals surface area contributed by atoms with Crippen molar-refractivity contribution < 1.29 is 9.53 Å². The monoisotopic (exact) mass is 238 g/mol. The molecular formula is C11H18N4O2. The topological polar surface area (TPSA) is 50.6 Å². The predicted molar refractivity (Wildman–Crippen MR) is 63.9 cm³/mol. The summed E-state index contributed by atoms with van der Waals surface area (Å²) in [7, 11) is 3.52. The number of hydrogen-bond acceptors (Lipinski definition) is 4.